The molecule has 0 aromatic rings. The number of rotatable bonds is 3. The molecule has 1 fully saturated rings. The first-order valence-electron chi connectivity index (χ1n) is 5.76. The fourth-order valence-corrected chi connectivity index (χ4v) is 1.93. The highest BCUT2D eigenvalue weighted by molar-refractivity contribution is 5.18. The molecule has 1 heterocycles. The molecule has 1 saturated heterocycles. The maximum absolute atomic E-state index is 5.75. The third-order valence-electron chi connectivity index (χ3n) is 3.00. The second-order valence-electron chi connectivity index (χ2n) is 4.58. The van der Waals surface area contributed by atoms with Gasteiger partial charge >= 0.3 is 0 Å². The van der Waals surface area contributed by atoms with Gasteiger partial charge in [-0.1, -0.05) is 24.3 Å². The van der Waals surface area contributed by atoms with E-state index in [1.54, 1.807) is 0 Å². The van der Waals surface area contributed by atoms with E-state index < -0.39 is 0 Å². The maximum Gasteiger partial charge on any atom is 0.0814 e. The second kappa shape index (κ2) is 4.92. The third-order valence-corrected chi connectivity index (χ3v) is 3.00. The van der Waals surface area contributed by atoms with Crippen LogP contribution in [0.3, 0.4) is 0 Å². The zero-order chi connectivity index (χ0) is 10.6. The van der Waals surface area contributed by atoms with Gasteiger partial charge in [0.2, 0.25) is 0 Å². The van der Waals surface area contributed by atoms with Crippen molar-refractivity contribution in [2.75, 3.05) is 13.1 Å². The minimum absolute atomic E-state index is 0.0281. The maximum atomic E-state index is 5.75. The van der Waals surface area contributed by atoms with Crippen LogP contribution in [0.5, 0.6) is 0 Å². The van der Waals surface area contributed by atoms with Crippen LogP contribution in [0.25, 0.3) is 0 Å². The molecule has 1 aliphatic carbocycles. The van der Waals surface area contributed by atoms with Crippen LogP contribution in [-0.4, -0.2) is 24.7 Å². The molecule has 0 spiro atoms. The summed E-state index contributed by atoms with van der Waals surface area (Å²) in [7, 11) is 0. The van der Waals surface area contributed by atoms with Gasteiger partial charge in [0.05, 0.1) is 11.6 Å². The van der Waals surface area contributed by atoms with Crippen LogP contribution in [0.1, 0.15) is 26.2 Å². The molecule has 1 aliphatic heterocycles. The molecule has 0 aromatic heterocycles. The monoisotopic (exact) mass is 208 g/mol. The van der Waals surface area contributed by atoms with Crippen LogP contribution in [0, 0.1) is 0 Å². The van der Waals surface area contributed by atoms with Crippen molar-refractivity contribution < 1.29 is 4.84 Å². The minimum Gasteiger partial charge on any atom is -0.317 e. The van der Waals surface area contributed by atoms with E-state index in [1.165, 1.54) is 0 Å². The van der Waals surface area contributed by atoms with Crippen LogP contribution >= 0.6 is 0 Å². The van der Waals surface area contributed by atoms with Crippen molar-refractivity contribution in [2.24, 2.45) is 0 Å². The molecule has 2 N–H and O–H groups in total. The Kier molecular flexibility index (Phi) is 3.57. The lowest BCUT2D eigenvalue weighted by Gasteiger charge is -2.31. The van der Waals surface area contributed by atoms with E-state index in [2.05, 4.69) is 42.0 Å². The first kappa shape index (κ1) is 10.9. The lowest BCUT2D eigenvalue weighted by Crippen LogP contribution is -2.45. The quantitative estimate of drug-likeness (QED) is 0.690. The van der Waals surface area contributed by atoms with Gasteiger partial charge in [0.25, 0.3) is 0 Å². The fourth-order valence-electron chi connectivity index (χ4n) is 1.93. The van der Waals surface area contributed by atoms with Crippen molar-refractivity contribution in [3.63, 3.8) is 0 Å². The molecule has 84 valence electrons. The average molecular weight is 208 g/mol. The summed E-state index contributed by atoms with van der Waals surface area (Å²) >= 11 is 0. The van der Waals surface area contributed by atoms with E-state index in [4.69, 9.17) is 4.84 Å². The van der Waals surface area contributed by atoms with Gasteiger partial charge in [-0.25, -0.2) is 0 Å². The highest BCUT2D eigenvalue weighted by atomic mass is 16.7. The average Bonchev–Trinajstić information content (AvgIpc) is 2.29. The van der Waals surface area contributed by atoms with Gasteiger partial charge in [0, 0.05) is 0 Å². The molecule has 3 nitrogen and oxygen atoms in total. The Morgan fingerprint density at radius 2 is 2.13 bits per heavy atom. The Bertz CT molecular complexity index is 256. The molecule has 0 aromatic carbocycles. The van der Waals surface area contributed by atoms with Gasteiger partial charge < -0.3 is 5.32 Å². The van der Waals surface area contributed by atoms with Gasteiger partial charge in [0.1, 0.15) is 0 Å². The topological polar surface area (TPSA) is 33.3 Å². The van der Waals surface area contributed by atoms with Gasteiger partial charge in [0.15, 0.2) is 0 Å². The number of allylic oxidation sites excluding steroid dienone is 2. The normalized spacial score (nSPS) is 32.1. The van der Waals surface area contributed by atoms with Crippen molar-refractivity contribution in [1.29, 1.82) is 0 Å². The predicted molar refractivity (Wildman–Crippen MR) is 61.4 cm³/mol. The lowest BCUT2D eigenvalue weighted by atomic mass is 9.95. The van der Waals surface area contributed by atoms with Crippen molar-refractivity contribution in [3.05, 3.63) is 24.3 Å². The zero-order valence-electron chi connectivity index (χ0n) is 9.33. The van der Waals surface area contributed by atoms with Crippen molar-refractivity contribution in [2.45, 2.75) is 37.8 Å². The molecule has 3 heteroatoms. The molecule has 0 radical (unpaired) electrons. The summed E-state index contributed by atoms with van der Waals surface area (Å²) < 4.78 is 0. The number of hydroxylamine groups is 1. The first-order chi connectivity index (χ1) is 7.29. The molecule has 2 rings (SSSR count). The van der Waals surface area contributed by atoms with Crippen LogP contribution in [0.15, 0.2) is 24.3 Å². The lowest BCUT2D eigenvalue weighted by molar-refractivity contribution is -0.0686. The van der Waals surface area contributed by atoms with Crippen molar-refractivity contribution in [3.8, 4) is 0 Å². The largest absolute Gasteiger partial charge is 0.317 e. The molecule has 0 amide bonds. The fraction of sp³-hybridized carbons (Fsp3) is 0.667. The van der Waals surface area contributed by atoms with Crippen LogP contribution in [-0.2, 0) is 4.84 Å². The van der Waals surface area contributed by atoms with Crippen LogP contribution in [0.4, 0.5) is 0 Å². The smallest absolute Gasteiger partial charge is 0.0814 e. The zero-order valence-corrected chi connectivity index (χ0v) is 9.33. The number of nitrogens with one attached hydrogen (secondary N) is 2. The molecule has 2 aliphatic rings. The van der Waals surface area contributed by atoms with E-state index in [-0.39, 0.29) is 5.54 Å². The third kappa shape index (κ3) is 3.16. The Labute approximate surface area is 91.5 Å². The van der Waals surface area contributed by atoms with E-state index in [0.29, 0.717) is 6.10 Å². The predicted octanol–water partition coefficient (Wildman–Crippen LogP) is 1.53. The van der Waals surface area contributed by atoms with Crippen molar-refractivity contribution >= 4 is 0 Å². The van der Waals surface area contributed by atoms with Crippen LogP contribution < -0.4 is 10.8 Å². The second-order valence-corrected chi connectivity index (χ2v) is 4.58. The Morgan fingerprint density at radius 1 is 1.33 bits per heavy atom. The molecule has 15 heavy (non-hydrogen) atoms. The summed E-state index contributed by atoms with van der Waals surface area (Å²) in [5.74, 6) is 0. The summed E-state index contributed by atoms with van der Waals surface area (Å²) in [6.07, 6.45) is 12.0. The SMILES string of the molecule is CC1(NOC2CCNCC2)C=CC=CC1. The Hall–Kier alpha value is -0.640. The Balaban J connectivity index is 1.76. The molecule has 0 bridgehead atoms. The van der Waals surface area contributed by atoms with Gasteiger partial charge in [-0.2, -0.15) is 5.48 Å². The molecule has 1 unspecified atom stereocenters. The van der Waals surface area contributed by atoms with E-state index in [1.807, 2.05) is 0 Å². The summed E-state index contributed by atoms with van der Waals surface area (Å²) in [4.78, 5) is 5.75. The number of hydrogen-bond acceptors (Lipinski definition) is 3. The number of hydrogen-bond donors (Lipinski definition) is 2. The van der Waals surface area contributed by atoms with Gasteiger partial charge in [-0.05, 0) is 39.3 Å². The summed E-state index contributed by atoms with van der Waals surface area (Å²) in [6.45, 7) is 4.30. The molecular weight excluding hydrogens is 188 g/mol. The summed E-state index contributed by atoms with van der Waals surface area (Å²) in [5.41, 5.74) is 3.17. The van der Waals surface area contributed by atoms with E-state index in [9.17, 15) is 0 Å². The molecular formula is C12H20N2O. The standard InChI is InChI=1S/C12H20N2O/c1-12(7-3-2-4-8-12)14-15-11-5-9-13-10-6-11/h2-4,7,11,13-14H,5-6,8-10H2,1H3. The van der Waals surface area contributed by atoms with E-state index in [0.717, 1.165) is 32.4 Å². The summed E-state index contributed by atoms with van der Waals surface area (Å²) in [5, 5.41) is 3.33. The van der Waals surface area contributed by atoms with Gasteiger partial charge in [-0.3, -0.25) is 4.84 Å². The van der Waals surface area contributed by atoms with Crippen molar-refractivity contribution in [1.82, 2.24) is 10.8 Å². The Morgan fingerprint density at radius 3 is 2.80 bits per heavy atom. The van der Waals surface area contributed by atoms with E-state index >= 15 is 0 Å². The molecule has 1 atom stereocenters. The van der Waals surface area contributed by atoms with Gasteiger partial charge in [-0.15, -0.1) is 0 Å². The minimum atomic E-state index is -0.0281. The molecule has 0 saturated carbocycles. The van der Waals surface area contributed by atoms with Crippen LogP contribution in [0.2, 0.25) is 0 Å². The highest BCUT2D eigenvalue weighted by Crippen LogP contribution is 2.18. The number of piperidine rings is 1. The highest BCUT2D eigenvalue weighted by Gasteiger charge is 2.23. The summed E-state index contributed by atoms with van der Waals surface area (Å²) in [6, 6.07) is 0. The first-order valence-corrected chi connectivity index (χ1v) is 5.76.